The smallest absolute Gasteiger partial charge is 0.332 e. The zero-order chi connectivity index (χ0) is 19.8. The molecule has 0 amide bonds. The summed E-state index contributed by atoms with van der Waals surface area (Å²) in [5.74, 6) is 0.725. The van der Waals surface area contributed by atoms with E-state index in [1.54, 1.807) is 13.4 Å². The molecular weight excluding hydrogens is 358 g/mol. The molecule has 2 atom stereocenters. The second-order valence-electron chi connectivity index (χ2n) is 8.35. The Hall–Kier alpha value is -1.93. The predicted octanol–water partition coefficient (Wildman–Crippen LogP) is 1.10. The van der Waals surface area contributed by atoms with Gasteiger partial charge in [0.05, 0.1) is 18.5 Å². The summed E-state index contributed by atoms with van der Waals surface area (Å²) in [6.07, 6.45) is 8.43. The Labute approximate surface area is 164 Å². The minimum Gasteiger partial charge on any atom is -0.372 e. The van der Waals surface area contributed by atoms with E-state index in [4.69, 9.17) is 4.74 Å². The number of fused-ring (bicyclic) bond motifs is 1. The Balaban J connectivity index is 1.50. The molecule has 1 saturated heterocycles. The molecule has 8 heteroatoms. The first-order valence-electron chi connectivity index (χ1n) is 10.5. The van der Waals surface area contributed by atoms with Crippen LogP contribution in [0.1, 0.15) is 39.0 Å². The quantitative estimate of drug-likeness (QED) is 0.709. The van der Waals surface area contributed by atoms with Crippen LogP contribution in [0.4, 0.5) is 0 Å². The molecular formula is C20H31N5O3. The highest BCUT2D eigenvalue weighted by Gasteiger charge is 2.38. The Morgan fingerprint density at radius 2 is 1.93 bits per heavy atom. The fourth-order valence-electron chi connectivity index (χ4n) is 4.27. The summed E-state index contributed by atoms with van der Waals surface area (Å²) in [5.41, 5.74) is 0.321. The van der Waals surface area contributed by atoms with Crippen LogP contribution in [-0.2, 0) is 25.4 Å². The van der Waals surface area contributed by atoms with Gasteiger partial charge >= 0.3 is 5.69 Å². The number of ether oxygens (including phenoxy) is 1. The minimum atomic E-state index is -0.345. The van der Waals surface area contributed by atoms with Crippen molar-refractivity contribution in [2.24, 2.45) is 20.0 Å². The SMILES string of the molecule is CCCC[C@@H]1CN(CCn2cnc3c2c(=O)n(C)c(=O)n3C)C[C@H](C2CC2)O1. The maximum atomic E-state index is 12.6. The molecule has 4 rings (SSSR count). The van der Waals surface area contributed by atoms with Crippen LogP contribution in [0.15, 0.2) is 15.9 Å². The predicted molar refractivity (Wildman–Crippen MR) is 108 cm³/mol. The highest BCUT2D eigenvalue weighted by molar-refractivity contribution is 5.69. The van der Waals surface area contributed by atoms with Gasteiger partial charge in [-0.15, -0.1) is 0 Å². The molecule has 1 saturated carbocycles. The summed E-state index contributed by atoms with van der Waals surface area (Å²) in [6, 6.07) is 0. The van der Waals surface area contributed by atoms with E-state index in [2.05, 4.69) is 16.8 Å². The molecule has 2 aromatic rings. The number of imidazole rings is 1. The van der Waals surface area contributed by atoms with Crippen molar-refractivity contribution in [1.82, 2.24) is 23.6 Å². The lowest BCUT2D eigenvalue weighted by Gasteiger charge is -2.38. The average Bonchev–Trinajstić information content (AvgIpc) is 3.47. The van der Waals surface area contributed by atoms with Gasteiger partial charge in [-0.05, 0) is 25.2 Å². The van der Waals surface area contributed by atoms with Crippen molar-refractivity contribution < 1.29 is 4.74 Å². The third kappa shape index (κ3) is 3.67. The summed E-state index contributed by atoms with van der Waals surface area (Å²) in [4.78, 5) is 31.5. The van der Waals surface area contributed by atoms with Crippen LogP contribution in [0, 0.1) is 5.92 Å². The monoisotopic (exact) mass is 389 g/mol. The topological polar surface area (TPSA) is 74.3 Å². The van der Waals surface area contributed by atoms with Crippen molar-refractivity contribution in [3.8, 4) is 0 Å². The van der Waals surface area contributed by atoms with E-state index in [0.29, 0.717) is 29.9 Å². The molecule has 0 spiro atoms. The number of unbranched alkanes of at least 4 members (excludes halogenated alkanes) is 1. The second-order valence-corrected chi connectivity index (χ2v) is 8.35. The van der Waals surface area contributed by atoms with Gasteiger partial charge in [0.1, 0.15) is 0 Å². The van der Waals surface area contributed by atoms with Gasteiger partial charge in [0.2, 0.25) is 0 Å². The maximum Gasteiger partial charge on any atom is 0.332 e. The standard InChI is InChI=1S/C20H31N5O3/c1-4-5-6-15-11-24(12-16(28-15)14-7-8-14)9-10-25-13-21-18-17(25)19(26)23(3)20(27)22(18)2/h13-16H,4-12H2,1-3H3/t15-,16-/m1/s1. The molecule has 0 unspecified atom stereocenters. The van der Waals surface area contributed by atoms with Gasteiger partial charge in [0.25, 0.3) is 5.56 Å². The molecule has 1 aliphatic carbocycles. The summed E-state index contributed by atoms with van der Waals surface area (Å²) >= 11 is 0. The van der Waals surface area contributed by atoms with E-state index >= 15 is 0 Å². The fourth-order valence-corrected chi connectivity index (χ4v) is 4.27. The highest BCUT2D eigenvalue weighted by Crippen LogP contribution is 2.37. The number of morpholine rings is 1. The zero-order valence-corrected chi connectivity index (χ0v) is 17.1. The summed E-state index contributed by atoms with van der Waals surface area (Å²) in [6.45, 7) is 5.67. The molecule has 154 valence electrons. The first kappa shape index (κ1) is 19.4. The number of aryl methyl sites for hydroxylation is 1. The number of hydrogen-bond donors (Lipinski definition) is 0. The largest absolute Gasteiger partial charge is 0.372 e. The Kier molecular flexibility index (Phi) is 5.42. The first-order valence-corrected chi connectivity index (χ1v) is 10.5. The first-order chi connectivity index (χ1) is 13.5. The summed E-state index contributed by atoms with van der Waals surface area (Å²) in [5, 5.41) is 0. The van der Waals surface area contributed by atoms with Gasteiger partial charge in [-0.1, -0.05) is 19.8 Å². The van der Waals surface area contributed by atoms with Crippen molar-refractivity contribution >= 4 is 11.2 Å². The van der Waals surface area contributed by atoms with Gasteiger partial charge < -0.3 is 9.30 Å². The maximum absolute atomic E-state index is 12.6. The van der Waals surface area contributed by atoms with Crippen molar-refractivity contribution in [1.29, 1.82) is 0 Å². The van der Waals surface area contributed by atoms with E-state index in [1.165, 1.54) is 37.3 Å². The molecule has 28 heavy (non-hydrogen) atoms. The highest BCUT2D eigenvalue weighted by atomic mass is 16.5. The van der Waals surface area contributed by atoms with Crippen LogP contribution in [0.3, 0.4) is 0 Å². The molecule has 2 fully saturated rings. The lowest BCUT2D eigenvalue weighted by Crippen LogP contribution is -2.49. The van der Waals surface area contributed by atoms with Crippen molar-refractivity contribution in [3.05, 3.63) is 27.2 Å². The van der Waals surface area contributed by atoms with E-state index < -0.39 is 0 Å². The van der Waals surface area contributed by atoms with Crippen molar-refractivity contribution in [3.63, 3.8) is 0 Å². The van der Waals surface area contributed by atoms with Gasteiger partial charge in [0, 0.05) is 40.3 Å². The Morgan fingerprint density at radius 3 is 2.64 bits per heavy atom. The summed E-state index contributed by atoms with van der Waals surface area (Å²) in [7, 11) is 3.17. The molecule has 0 radical (unpaired) electrons. The van der Waals surface area contributed by atoms with Gasteiger partial charge in [-0.3, -0.25) is 18.8 Å². The van der Waals surface area contributed by atoms with Crippen LogP contribution in [0.25, 0.3) is 11.2 Å². The van der Waals surface area contributed by atoms with Gasteiger partial charge in [-0.2, -0.15) is 0 Å². The van der Waals surface area contributed by atoms with Crippen LogP contribution < -0.4 is 11.2 Å². The minimum absolute atomic E-state index is 0.283. The number of aromatic nitrogens is 4. The Bertz CT molecular complexity index is 955. The third-order valence-corrected chi connectivity index (χ3v) is 6.17. The van der Waals surface area contributed by atoms with E-state index in [-0.39, 0.29) is 11.2 Å². The number of nitrogens with zero attached hydrogens (tertiary/aromatic N) is 5. The molecule has 3 heterocycles. The zero-order valence-electron chi connectivity index (χ0n) is 17.1. The molecule has 1 aliphatic heterocycles. The average molecular weight is 390 g/mol. The second kappa shape index (κ2) is 7.83. The normalized spacial score (nSPS) is 23.5. The molecule has 0 aromatic carbocycles. The molecule has 2 aromatic heterocycles. The van der Waals surface area contributed by atoms with E-state index in [0.717, 1.165) is 36.5 Å². The molecule has 8 nitrogen and oxygen atoms in total. The third-order valence-electron chi connectivity index (χ3n) is 6.17. The van der Waals surface area contributed by atoms with Crippen molar-refractivity contribution in [2.75, 3.05) is 19.6 Å². The van der Waals surface area contributed by atoms with Crippen LogP contribution in [0.2, 0.25) is 0 Å². The van der Waals surface area contributed by atoms with Crippen LogP contribution in [-0.4, -0.2) is 55.4 Å². The molecule has 0 N–H and O–H groups in total. The lowest BCUT2D eigenvalue weighted by atomic mass is 10.1. The van der Waals surface area contributed by atoms with E-state index in [9.17, 15) is 9.59 Å². The molecule has 0 bridgehead atoms. The summed E-state index contributed by atoms with van der Waals surface area (Å²) < 4.78 is 10.8. The van der Waals surface area contributed by atoms with Gasteiger partial charge in [-0.25, -0.2) is 9.78 Å². The van der Waals surface area contributed by atoms with Crippen LogP contribution in [0.5, 0.6) is 0 Å². The fraction of sp³-hybridized carbons (Fsp3) is 0.750. The van der Waals surface area contributed by atoms with Crippen molar-refractivity contribution in [2.45, 2.75) is 57.8 Å². The number of hydrogen-bond acceptors (Lipinski definition) is 5. The lowest BCUT2D eigenvalue weighted by molar-refractivity contribution is -0.0975. The van der Waals surface area contributed by atoms with Crippen LogP contribution >= 0.6 is 0 Å². The van der Waals surface area contributed by atoms with Gasteiger partial charge in [0.15, 0.2) is 11.2 Å². The number of rotatable bonds is 7. The Morgan fingerprint density at radius 1 is 1.14 bits per heavy atom. The van der Waals surface area contributed by atoms with E-state index in [1.807, 2.05) is 4.57 Å². The molecule has 2 aliphatic rings.